The van der Waals surface area contributed by atoms with Gasteiger partial charge < -0.3 is 0 Å². The number of hydrogen-bond donors (Lipinski definition) is 1. The largest absolute Gasteiger partial charge is 0.328 e. The summed E-state index contributed by atoms with van der Waals surface area (Å²) in [5, 5.41) is 14.3. The second-order valence-corrected chi connectivity index (χ2v) is 9.24. The van der Waals surface area contributed by atoms with E-state index in [0.717, 1.165) is 60.1 Å². The highest BCUT2D eigenvalue weighted by Crippen LogP contribution is 2.29. The molecule has 0 amide bonds. The Morgan fingerprint density at radius 3 is 2.49 bits per heavy atom. The maximum atomic E-state index is 13.4. The van der Waals surface area contributed by atoms with Crippen molar-refractivity contribution in [2.24, 2.45) is 0 Å². The van der Waals surface area contributed by atoms with Crippen LogP contribution in [0.3, 0.4) is 0 Å². The maximum absolute atomic E-state index is 13.4. The van der Waals surface area contributed by atoms with Crippen LogP contribution in [0.4, 0.5) is 0 Å². The van der Waals surface area contributed by atoms with Crippen molar-refractivity contribution in [3.8, 4) is 22.5 Å². The van der Waals surface area contributed by atoms with Gasteiger partial charge in [-0.1, -0.05) is 74.4 Å². The predicted octanol–water partition coefficient (Wildman–Crippen LogP) is 4.92. The number of aromatic nitrogens is 7. The van der Waals surface area contributed by atoms with E-state index in [1.54, 1.807) is 6.20 Å². The molecule has 8 nitrogen and oxygen atoms in total. The maximum Gasteiger partial charge on any atom is 0.328 e. The first-order chi connectivity index (χ1) is 18.2. The van der Waals surface area contributed by atoms with Gasteiger partial charge in [0.2, 0.25) is 0 Å². The number of pyridine rings is 1. The monoisotopic (exact) mass is 493 g/mol. The fourth-order valence-electron chi connectivity index (χ4n) is 4.64. The number of imidazole rings is 1. The summed E-state index contributed by atoms with van der Waals surface area (Å²) in [6.07, 6.45) is 10.7. The van der Waals surface area contributed by atoms with E-state index in [2.05, 4.69) is 75.1 Å². The van der Waals surface area contributed by atoms with Crippen LogP contribution < -0.4 is 5.69 Å². The van der Waals surface area contributed by atoms with Crippen LogP contribution in [-0.2, 0) is 25.9 Å². The van der Waals surface area contributed by atoms with Crippen molar-refractivity contribution in [3.05, 3.63) is 107 Å². The van der Waals surface area contributed by atoms with Crippen LogP contribution in [0.25, 0.3) is 22.5 Å². The van der Waals surface area contributed by atoms with E-state index < -0.39 is 0 Å². The average molecular weight is 494 g/mol. The van der Waals surface area contributed by atoms with Crippen molar-refractivity contribution in [2.45, 2.75) is 52.1 Å². The third-order valence-electron chi connectivity index (χ3n) is 6.68. The van der Waals surface area contributed by atoms with Crippen molar-refractivity contribution < 1.29 is 0 Å². The second kappa shape index (κ2) is 11.6. The van der Waals surface area contributed by atoms with Gasteiger partial charge >= 0.3 is 5.69 Å². The quantitative estimate of drug-likeness (QED) is 0.264. The van der Waals surface area contributed by atoms with E-state index in [0.29, 0.717) is 18.9 Å². The Bertz CT molecular complexity index is 1470. The third-order valence-corrected chi connectivity index (χ3v) is 6.68. The molecule has 3 heterocycles. The van der Waals surface area contributed by atoms with E-state index in [1.807, 2.05) is 39.6 Å². The van der Waals surface area contributed by atoms with Crippen LogP contribution in [0, 0.1) is 0 Å². The molecule has 8 heteroatoms. The Morgan fingerprint density at radius 1 is 0.892 bits per heavy atom. The number of unbranched alkanes of at least 4 members (excludes halogenated alkanes) is 2. The molecule has 1 N–H and O–H groups in total. The summed E-state index contributed by atoms with van der Waals surface area (Å²) in [5.41, 5.74) is 6.31. The fourth-order valence-corrected chi connectivity index (χ4v) is 4.64. The van der Waals surface area contributed by atoms with Crippen LogP contribution in [0.1, 0.15) is 43.0 Å². The molecule has 0 aliphatic heterocycles. The van der Waals surface area contributed by atoms with Crippen LogP contribution in [0.15, 0.2) is 84.0 Å². The Hall–Kier alpha value is -4.33. The molecule has 0 aliphatic rings. The van der Waals surface area contributed by atoms with Gasteiger partial charge in [-0.15, -0.1) is 5.10 Å². The number of H-pyrrole nitrogens is 1. The summed E-state index contributed by atoms with van der Waals surface area (Å²) < 4.78 is 3.81. The summed E-state index contributed by atoms with van der Waals surface area (Å²) in [6, 6.07) is 20.5. The van der Waals surface area contributed by atoms with Crippen molar-refractivity contribution in [1.82, 2.24) is 34.7 Å². The zero-order valence-electron chi connectivity index (χ0n) is 21.0. The second-order valence-electron chi connectivity index (χ2n) is 9.24. The van der Waals surface area contributed by atoms with Crippen molar-refractivity contribution in [2.75, 3.05) is 0 Å². The molecule has 0 saturated heterocycles. The van der Waals surface area contributed by atoms with Gasteiger partial charge in [-0.3, -0.25) is 14.1 Å². The zero-order chi connectivity index (χ0) is 25.5. The van der Waals surface area contributed by atoms with E-state index in [9.17, 15) is 4.79 Å². The van der Waals surface area contributed by atoms with Crippen LogP contribution >= 0.6 is 0 Å². The summed E-state index contributed by atoms with van der Waals surface area (Å²) in [6.45, 7) is 3.42. The third kappa shape index (κ3) is 5.74. The summed E-state index contributed by atoms with van der Waals surface area (Å²) in [4.78, 5) is 17.7. The fraction of sp³-hybridized carbons (Fsp3) is 0.276. The predicted molar refractivity (Wildman–Crippen MR) is 144 cm³/mol. The molecule has 37 heavy (non-hydrogen) atoms. The molecule has 0 aliphatic carbocycles. The Labute approximate surface area is 216 Å². The van der Waals surface area contributed by atoms with Crippen molar-refractivity contribution >= 4 is 0 Å². The highest BCUT2D eigenvalue weighted by molar-refractivity contribution is 5.79. The molecule has 0 saturated carbocycles. The molecule has 3 aromatic heterocycles. The number of tetrazole rings is 1. The lowest BCUT2D eigenvalue weighted by atomic mass is 10.0. The first-order valence-corrected chi connectivity index (χ1v) is 12.8. The summed E-state index contributed by atoms with van der Waals surface area (Å²) in [7, 11) is 0. The van der Waals surface area contributed by atoms with Gasteiger partial charge in [0, 0.05) is 42.0 Å². The Balaban J connectivity index is 1.38. The van der Waals surface area contributed by atoms with Gasteiger partial charge in [0.1, 0.15) is 0 Å². The van der Waals surface area contributed by atoms with E-state index >= 15 is 0 Å². The molecule has 0 fully saturated rings. The van der Waals surface area contributed by atoms with Crippen LogP contribution in [0.2, 0.25) is 0 Å². The summed E-state index contributed by atoms with van der Waals surface area (Å²) >= 11 is 0. The first kappa shape index (κ1) is 24.4. The molecule has 188 valence electrons. The molecule has 0 atom stereocenters. The molecule has 0 spiro atoms. The topological polar surface area (TPSA) is 94.3 Å². The SMILES string of the molecule is CCCCCc1cn(CCc2ccccc2)c(=O)n1Cc1ccc(-c2cnccc2-c2nnn[nH]2)cc1. The standard InChI is InChI=1S/C29H31N7O/c1-2-3-5-10-25-21-35(18-16-22-8-6-4-7-9-22)29(37)36(25)20-23-11-13-24(14-12-23)27-19-30-17-15-26(27)28-31-33-34-32-28/h4,6-9,11-15,17,19,21H,2-3,5,10,16,18,20H2,1H3,(H,31,32,33,34). The lowest BCUT2D eigenvalue weighted by Crippen LogP contribution is -2.26. The average Bonchev–Trinajstić information content (AvgIpc) is 3.58. The minimum Gasteiger partial charge on any atom is -0.299 e. The number of aromatic amines is 1. The van der Waals surface area contributed by atoms with Crippen molar-refractivity contribution in [1.29, 1.82) is 0 Å². The normalized spacial score (nSPS) is 11.2. The van der Waals surface area contributed by atoms with Gasteiger partial charge in [0.05, 0.1) is 6.54 Å². The minimum atomic E-state index is 0.0545. The van der Waals surface area contributed by atoms with Gasteiger partial charge in [-0.25, -0.2) is 9.89 Å². The van der Waals surface area contributed by atoms with E-state index in [4.69, 9.17) is 0 Å². The molecular formula is C29H31N7O. The Kier molecular flexibility index (Phi) is 7.64. The molecule has 2 aromatic carbocycles. The number of aryl methyl sites for hydroxylation is 3. The number of nitrogens with one attached hydrogen (secondary N) is 1. The number of nitrogens with zero attached hydrogens (tertiary/aromatic N) is 6. The van der Waals surface area contributed by atoms with Gasteiger partial charge in [-0.2, -0.15) is 0 Å². The highest BCUT2D eigenvalue weighted by Gasteiger charge is 2.14. The molecule has 0 radical (unpaired) electrons. The lowest BCUT2D eigenvalue weighted by Gasteiger charge is -2.10. The van der Waals surface area contributed by atoms with Gasteiger partial charge in [0.15, 0.2) is 5.82 Å². The molecule has 5 rings (SSSR count). The Morgan fingerprint density at radius 2 is 1.73 bits per heavy atom. The van der Waals surface area contributed by atoms with Gasteiger partial charge in [-0.05, 0) is 52.4 Å². The summed E-state index contributed by atoms with van der Waals surface area (Å²) in [5.74, 6) is 0.599. The van der Waals surface area contributed by atoms with Crippen molar-refractivity contribution in [3.63, 3.8) is 0 Å². The molecular weight excluding hydrogens is 462 g/mol. The van der Waals surface area contributed by atoms with E-state index in [-0.39, 0.29) is 5.69 Å². The first-order valence-electron chi connectivity index (χ1n) is 12.8. The minimum absolute atomic E-state index is 0.0545. The lowest BCUT2D eigenvalue weighted by molar-refractivity contribution is 0.622. The number of hydrogen-bond acceptors (Lipinski definition) is 5. The van der Waals surface area contributed by atoms with Crippen LogP contribution in [0.5, 0.6) is 0 Å². The smallest absolute Gasteiger partial charge is 0.299 e. The van der Waals surface area contributed by atoms with Crippen LogP contribution in [-0.4, -0.2) is 34.7 Å². The van der Waals surface area contributed by atoms with E-state index in [1.165, 1.54) is 5.56 Å². The molecule has 5 aromatic rings. The van der Waals surface area contributed by atoms with Gasteiger partial charge in [0.25, 0.3) is 0 Å². The highest BCUT2D eigenvalue weighted by atomic mass is 16.1. The number of rotatable bonds is 11. The number of benzene rings is 2. The zero-order valence-corrected chi connectivity index (χ0v) is 21.0. The molecule has 0 bridgehead atoms. The molecule has 0 unspecified atom stereocenters.